The lowest BCUT2D eigenvalue weighted by Gasteiger charge is -2.38. The fraction of sp³-hybridized carbons (Fsp3) is 0.455. The third-order valence-electron chi connectivity index (χ3n) is 6.32. The molecule has 5 rings (SSSR count). The molecule has 0 amide bonds. The zero-order valence-electron chi connectivity index (χ0n) is 17.2. The molecule has 1 fully saturated rings. The van der Waals surface area contributed by atoms with Crippen LogP contribution >= 0.6 is 0 Å². The maximum atomic E-state index is 9.23. The Bertz CT molecular complexity index is 1010. The summed E-state index contributed by atoms with van der Waals surface area (Å²) in [5.41, 5.74) is 10.9. The molecule has 0 radical (unpaired) electrons. The number of H-pyrrole nitrogens is 1. The van der Waals surface area contributed by atoms with Gasteiger partial charge in [-0.3, -0.25) is 14.9 Å². The fourth-order valence-corrected chi connectivity index (χ4v) is 4.75. The van der Waals surface area contributed by atoms with Crippen LogP contribution in [0.3, 0.4) is 0 Å². The van der Waals surface area contributed by atoms with Gasteiger partial charge in [-0.05, 0) is 17.5 Å². The van der Waals surface area contributed by atoms with E-state index in [0.29, 0.717) is 5.82 Å². The number of aliphatic hydroxyl groups excluding tert-OH is 1. The average Bonchev–Trinajstić information content (AvgIpc) is 3.15. The number of fused-ring (bicyclic) bond motifs is 3. The number of aromatic nitrogens is 3. The number of nitrogen functional groups attached to an aromatic ring is 1. The lowest BCUT2D eigenvalue weighted by molar-refractivity contribution is 0.188. The van der Waals surface area contributed by atoms with E-state index in [-0.39, 0.29) is 6.61 Å². The molecule has 0 spiro atoms. The number of nitrogens with zero attached hydrogens (tertiary/aromatic N) is 5. The summed E-state index contributed by atoms with van der Waals surface area (Å²) in [5.74, 6) is 1.66. The Morgan fingerprint density at radius 1 is 1.00 bits per heavy atom. The first-order valence-electron chi connectivity index (χ1n) is 10.7. The molecular weight excluding hydrogens is 378 g/mol. The second kappa shape index (κ2) is 8.22. The second-order valence-corrected chi connectivity index (χ2v) is 8.23. The van der Waals surface area contributed by atoms with Crippen molar-refractivity contribution < 1.29 is 5.11 Å². The van der Waals surface area contributed by atoms with E-state index in [4.69, 9.17) is 10.7 Å². The number of benzene rings is 1. The highest BCUT2D eigenvalue weighted by Crippen LogP contribution is 2.35. The Kier molecular flexibility index (Phi) is 5.28. The monoisotopic (exact) mass is 407 g/mol. The van der Waals surface area contributed by atoms with Gasteiger partial charge >= 0.3 is 0 Å². The van der Waals surface area contributed by atoms with Crippen molar-refractivity contribution in [2.75, 3.05) is 56.5 Å². The molecular formula is C22H29N7O. The van der Waals surface area contributed by atoms with E-state index in [2.05, 4.69) is 55.2 Å². The van der Waals surface area contributed by atoms with Crippen LogP contribution in [0.25, 0.3) is 11.0 Å². The number of piperazine rings is 1. The highest BCUT2D eigenvalue weighted by atomic mass is 16.3. The SMILES string of the molecule is Nc1[nH]nc2nc(N3CCN(CCO)CC3)c3c(c12)CCN(Cc1ccccc1)C3. The molecule has 0 aliphatic carbocycles. The van der Waals surface area contributed by atoms with Gasteiger partial charge < -0.3 is 15.7 Å². The molecule has 3 aromatic rings. The number of anilines is 2. The van der Waals surface area contributed by atoms with Gasteiger partial charge in [0.05, 0.1) is 12.0 Å². The van der Waals surface area contributed by atoms with Gasteiger partial charge in [-0.25, -0.2) is 4.98 Å². The topological polar surface area (TPSA) is 97.5 Å². The summed E-state index contributed by atoms with van der Waals surface area (Å²) in [5, 5.41) is 17.5. The molecule has 1 aromatic carbocycles. The summed E-state index contributed by atoms with van der Waals surface area (Å²) in [6.07, 6.45) is 0.947. The summed E-state index contributed by atoms with van der Waals surface area (Å²) >= 11 is 0. The van der Waals surface area contributed by atoms with Crippen LogP contribution in [0.4, 0.5) is 11.6 Å². The van der Waals surface area contributed by atoms with Gasteiger partial charge in [0.1, 0.15) is 11.6 Å². The van der Waals surface area contributed by atoms with Crippen molar-refractivity contribution in [3.63, 3.8) is 0 Å². The maximum absolute atomic E-state index is 9.23. The molecule has 0 bridgehead atoms. The van der Waals surface area contributed by atoms with Crippen LogP contribution in [0, 0.1) is 0 Å². The third-order valence-corrected chi connectivity index (χ3v) is 6.32. The molecule has 0 unspecified atom stereocenters. The predicted octanol–water partition coefficient (Wildman–Crippen LogP) is 1.21. The lowest BCUT2D eigenvalue weighted by atomic mass is 9.96. The highest BCUT2D eigenvalue weighted by Gasteiger charge is 2.28. The largest absolute Gasteiger partial charge is 0.395 e. The number of hydrogen-bond acceptors (Lipinski definition) is 7. The molecule has 0 saturated carbocycles. The van der Waals surface area contributed by atoms with E-state index in [9.17, 15) is 5.11 Å². The van der Waals surface area contributed by atoms with E-state index in [1.807, 2.05) is 0 Å². The van der Waals surface area contributed by atoms with E-state index < -0.39 is 0 Å². The van der Waals surface area contributed by atoms with Gasteiger partial charge in [-0.2, -0.15) is 5.10 Å². The summed E-state index contributed by atoms with van der Waals surface area (Å²) in [6, 6.07) is 10.6. The van der Waals surface area contributed by atoms with E-state index in [1.165, 1.54) is 16.7 Å². The van der Waals surface area contributed by atoms with Gasteiger partial charge in [-0.15, -0.1) is 0 Å². The lowest BCUT2D eigenvalue weighted by Crippen LogP contribution is -2.48. The Morgan fingerprint density at radius 3 is 2.57 bits per heavy atom. The number of aliphatic hydroxyl groups is 1. The summed E-state index contributed by atoms with van der Waals surface area (Å²) in [4.78, 5) is 12.1. The first kappa shape index (κ1) is 19.3. The Balaban J connectivity index is 1.47. The van der Waals surface area contributed by atoms with Gasteiger partial charge in [0.25, 0.3) is 0 Å². The molecule has 2 aliphatic rings. The molecule has 2 aromatic heterocycles. The van der Waals surface area contributed by atoms with Crippen molar-refractivity contribution in [2.45, 2.75) is 19.5 Å². The zero-order valence-corrected chi connectivity index (χ0v) is 17.2. The minimum absolute atomic E-state index is 0.209. The van der Waals surface area contributed by atoms with Crippen LogP contribution in [-0.4, -0.2) is 76.0 Å². The standard InChI is InChI=1S/C22H29N7O/c23-20-19-17-6-7-28(14-16-4-2-1-3-5-16)15-18(17)22(24-21(19)26-25-20)29-10-8-27(9-11-29)12-13-30/h1-5,30H,6-15H2,(H3,23,24,25,26). The first-order valence-corrected chi connectivity index (χ1v) is 10.7. The molecule has 2 aliphatic heterocycles. The van der Waals surface area contributed by atoms with Crippen molar-refractivity contribution in [3.8, 4) is 0 Å². The molecule has 4 N–H and O–H groups in total. The van der Waals surface area contributed by atoms with Crippen molar-refractivity contribution in [3.05, 3.63) is 47.0 Å². The summed E-state index contributed by atoms with van der Waals surface area (Å²) in [6.45, 7) is 7.42. The minimum atomic E-state index is 0.209. The van der Waals surface area contributed by atoms with Crippen molar-refractivity contribution >= 4 is 22.7 Å². The number of nitrogens with two attached hydrogens (primary N) is 1. The van der Waals surface area contributed by atoms with E-state index >= 15 is 0 Å². The summed E-state index contributed by atoms with van der Waals surface area (Å²) in [7, 11) is 0. The molecule has 8 nitrogen and oxygen atoms in total. The number of pyridine rings is 1. The van der Waals surface area contributed by atoms with Gasteiger partial charge in [-0.1, -0.05) is 30.3 Å². The van der Waals surface area contributed by atoms with Gasteiger partial charge in [0.15, 0.2) is 5.65 Å². The van der Waals surface area contributed by atoms with Crippen LogP contribution in [0.1, 0.15) is 16.7 Å². The number of nitrogens with one attached hydrogen (secondary N) is 1. The molecule has 8 heteroatoms. The van der Waals surface area contributed by atoms with Crippen molar-refractivity contribution in [1.29, 1.82) is 0 Å². The minimum Gasteiger partial charge on any atom is -0.395 e. The second-order valence-electron chi connectivity index (χ2n) is 8.23. The molecule has 158 valence electrons. The maximum Gasteiger partial charge on any atom is 0.185 e. The van der Waals surface area contributed by atoms with Gasteiger partial charge in [0, 0.05) is 57.9 Å². The highest BCUT2D eigenvalue weighted by molar-refractivity contribution is 5.92. The Hall–Kier alpha value is -2.68. The predicted molar refractivity (Wildman–Crippen MR) is 118 cm³/mol. The number of aromatic amines is 1. The Morgan fingerprint density at radius 2 is 1.80 bits per heavy atom. The number of rotatable bonds is 5. The molecule has 30 heavy (non-hydrogen) atoms. The van der Waals surface area contributed by atoms with E-state index in [0.717, 1.165) is 75.6 Å². The molecule has 0 atom stereocenters. The fourth-order valence-electron chi connectivity index (χ4n) is 4.75. The molecule has 4 heterocycles. The number of β-amino-alcohol motifs (C(OH)–C–C–N with tert-alkyl or cyclic N) is 1. The smallest absolute Gasteiger partial charge is 0.185 e. The average molecular weight is 408 g/mol. The van der Waals surface area contributed by atoms with Crippen LogP contribution in [0.15, 0.2) is 30.3 Å². The normalized spacial score (nSPS) is 18.1. The zero-order chi connectivity index (χ0) is 20.5. The Labute approximate surface area is 176 Å². The van der Waals surface area contributed by atoms with Crippen LogP contribution in [-0.2, 0) is 19.5 Å². The van der Waals surface area contributed by atoms with Gasteiger partial charge in [0.2, 0.25) is 0 Å². The van der Waals surface area contributed by atoms with Crippen molar-refractivity contribution in [1.82, 2.24) is 25.0 Å². The first-order chi connectivity index (χ1) is 14.7. The van der Waals surface area contributed by atoms with Crippen molar-refractivity contribution in [2.24, 2.45) is 0 Å². The summed E-state index contributed by atoms with van der Waals surface area (Å²) < 4.78 is 0. The molecule has 1 saturated heterocycles. The van der Waals surface area contributed by atoms with Crippen LogP contribution in [0.2, 0.25) is 0 Å². The quantitative estimate of drug-likeness (QED) is 0.585. The third kappa shape index (κ3) is 3.62. The van der Waals surface area contributed by atoms with E-state index in [1.54, 1.807) is 0 Å². The van der Waals surface area contributed by atoms with Crippen LogP contribution in [0.5, 0.6) is 0 Å². The van der Waals surface area contributed by atoms with Crippen LogP contribution < -0.4 is 10.6 Å². The number of hydrogen-bond donors (Lipinski definition) is 3.